The number of amides is 2. The number of ether oxygens (including phenoxy) is 2. The first kappa shape index (κ1) is 30.1. The van der Waals surface area contributed by atoms with E-state index >= 15 is 0 Å². The Morgan fingerprint density at radius 2 is 1.54 bits per heavy atom. The molecule has 1 saturated heterocycles. The van der Waals surface area contributed by atoms with Crippen LogP contribution in [0.25, 0.3) is 11.1 Å². The van der Waals surface area contributed by atoms with Gasteiger partial charge in [-0.3, -0.25) is 19.6 Å². The van der Waals surface area contributed by atoms with Gasteiger partial charge < -0.3 is 14.6 Å². The minimum Gasteiger partial charge on any atom is -0.392 e. The Hall–Kier alpha value is -4.61. The molecular weight excluding hydrogens is 600 g/mol. The van der Waals surface area contributed by atoms with Gasteiger partial charge in [-0.15, -0.1) is 0 Å². The maximum Gasteiger partial charge on any atom is 0.261 e. The van der Waals surface area contributed by atoms with Crippen molar-refractivity contribution in [3.05, 3.63) is 137 Å². The number of aromatic amines is 1. The standard InChI is InChI=1S/C36H32N4O5S/c1-22-31(20-46-36-37-21-38-39-36)44-35(45-32(22)25-14-12-23(19-41)13-15-25)28-9-5-8-27(17-28)26-7-4-6-24(16-26)18-40-33(42)29-10-2-3-11-30(29)34(40)43/h2-17,21-22,31-32,35,41H,18-20H2,1H3,(H,37,38,39). The summed E-state index contributed by atoms with van der Waals surface area (Å²) in [7, 11) is 0. The molecular formula is C36H32N4O5S. The van der Waals surface area contributed by atoms with Gasteiger partial charge in [0.15, 0.2) is 11.4 Å². The lowest BCUT2D eigenvalue weighted by atomic mass is 9.91. The summed E-state index contributed by atoms with van der Waals surface area (Å²) in [6.07, 6.45) is 0.479. The molecule has 9 nitrogen and oxygen atoms in total. The molecule has 5 aromatic rings. The maximum absolute atomic E-state index is 13.0. The molecule has 4 unspecified atom stereocenters. The highest BCUT2D eigenvalue weighted by molar-refractivity contribution is 7.99. The van der Waals surface area contributed by atoms with Gasteiger partial charge in [0, 0.05) is 17.2 Å². The summed E-state index contributed by atoms with van der Waals surface area (Å²) in [6, 6.07) is 30.7. The molecule has 4 atom stereocenters. The molecule has 7 rings (SSSR count). The zero-order valence-corrected chi connectivity index (χ0v) is 25.9. The van der Waals surface area contributed by atoms with Crippen molar-refractivity contribution in [2.24, 2.45) is 5.92 Å². The van der Waals surface area contributed by atoms with Gasteiger partial charge in [-0.1, -0.05) is 91.5 Å². The Morgan fingerprint density at radius 3 is 2.24 bits per heavy atom. The minimum atomic E-state index is -0.625. The largest absolute Gasteiger partial charge is 0.392 e. The fourth-order valence-electron chi connectivity index (χ4n) is 6.01. The van der Waals surface area contributed by atoms with E-state index in [-0.39, 0.29) is 43.1 Å². The number of thioether (sulfide) groups is 1. The molecule has 232 valence electrons. The van der Waals surface area contributed by atoms with Gasteiger partial charge in [-0.05, 0) is 52.1 Å². The van der Waals surface area contributed by atoms with E-state index in [2.05, 4.69) is 28.2 Å². The number of imide groups is 1. The number of nitrogens with zero attached hydrogens (tertiary/aromatic N) is 3. The Labute approximate surface area is 270 Å². The number of aromatic nitrogens is 3. The number of rotatable bonds is 9. The van der Waals surface area contributed by atoms with Crippen LogP contribution in [0.1, 0.15) is 62.3 Å². The van der Waals surface area contributed by atoms with Crippen LogP contribution in [0.15, 0.2) is 109 Å². The highest BCUT2D eigenvalue weighted by Crippen LogP contribution is 2.43. The molecule has 2 aliphatic heterocycles. The summed E-state index contributed by atoms with van der Waals surface area (Å²) >= 11 is 1.55. The van der Waals surface area contributed by atoms with Crippen LogP contribution in [0.3, 0.4) is 0 Å². The fraction of sp³-hybridized carbons (Fsp3) is 0.222. The van der Waals surface area contributed by atoms with Crippen molar-refractivity contribution in [2.45, 2.75) is 43.7 Å². The lowest BCUT2D eigenvalue weighted by Gasteiger charge is -2.41. The fourth-order valence-corrected chi connectivity index (χ4v) is 6.96. The van der Waals surface area contributed by atoms with Crippen LogP contribution in [-0.4, -0.2) is 48.9 Å². The monoisotopic (exact) mass is 632 g/mol. The molecule has 3 heterocycles. The molecule has 1 fully saturated rings. The summed E-state index contributed by atoms with van der Waals surface area (Å²) in [5.74, 6) is 0.144. The van der Waals surface area contributed by atoms with Crippen molar-refractivity contribution in [1.29, 1.82) is 0 Å². The van der Waals surface area contributed by atoms with E-state index in [9.17, 15) is 14.7 Å². The number of aliphatic hydroxyl groups excluding tert-OH is 1. The van der Waals surface area contributed by atoms with Gasteiger partial charge in [0.05, 0.1) is 36.5 Å². The summed E-state index contributed by atoms with van der Waals surface area (Å²) in [4.78, 5) is 31.5. The van der Waals surface area contributed by atoms with Crippen LogP contribution in [0, 0.1) is 5.92 Å². The van der Waals surface area contributed by atoms with Crippen molar-refractivity contribution >= 4 is 23.6 Å². The van der Waals surface area contributed by atoms with Crippen LogP contribution in [-0.2, 0) is 22.6 Å². The average molecular weight is 633 g/mol. The normalized spacial score (nSPS) is 21.0. The smallest absolute Gasteiger partial charge is 0.261 e. The average Bonchev–Trinajstić information content (AvgIpc) is 3.71. The third-order valence-corrected chi connectivity index (χ3v) is 9.50. The SMILES string of the molecule is CC1C(CSc2ncn[nH]2)OC(c2cccc(-c3cccc(CN4C(=O)c5ccccc5C4=O)c3)c2)OC1c1ccc(CO)cc1. The van der Waals surface area contributed by atoms with Crippen LogP contribution in [0.4, 0.5) is 0 Å². The van der Waals surface area contributed by atoms with E-state index < -0.39 is 6.29 Å². The second-order valence-corrected chi connectivity index (χ2v) is 12.5. The Morgan fingerprint density at radius 1 is 0.826 bits per heavy atom. The first-order chi connectivity index (χ1) is 22.5. The van der Waals surface area contributed by atoms with E-state index in [1.54, 1.807) is 36.0 Å². The summed E-state index contributed by atoms with van der Waals surface area (Å²) < 4.78 is 13.3. The Balaban J connectivity index is 1.14. The Bertz CT molecular complexity index is 1830. The quantitative estimate of drug-likeness (QED) is 0.143. The molecule has 0 bridgehead atoms. The van der Waals surface area contributed by atoms with Crippen LogP contribution >= 0.6 is 11.8 Å². The predicted molar refractivity (Wildman–Crippen MR) is 173 cm³/mol. The van der Waals surface area contributed by atoms with Gasteiger partial charge in [0.2, 0.25) is 0 Å². The number of fused-ring (bicyclic) bond motifs is 1. The van der Waals surface area contributed by atoms with Gasteiger partial charge in [-0.2, -0.15) is 5.10 Å². The highest BCUT2D eigenvalue weighted by atomic mass is 32.2. The Kier molecular flexibility index (Phi) is 8.51. The number of carbonyl (C=O) groups is 2. The molecule has 2 aliphatic rings. The van der Waals surface area contributed by atoms with Crippen molar-refractivity contribution < 1.29 is 24.2 Å². The van der Waals surface area contributed by atoms with E-state index in [1.165, 1.54) is 11.2 Å². The molecule has 0 radical (unpaired) electrons. The topological polar surface area (TPSA) is 118 Å². The molecule has 2 amide bonds. The number of aliphatic hydroxyl groups is 1. The van der Waals surface area contributed by atoms with Gasteiger partial charge in [0.1, 0.15) is 6.33 Å². The number of hydrogen-bond acceptors (Lipinski definition) is 8. The summed E-state index contributed by atoms with van der Waals surface area (Å²) in [6.45, 7) is 2.30. The van der Waals surface area contributed by atoms with E-state index in [0.29, 0.717) is 16.9 Å². The van der Waals surface area contributed by atoms with E-state index in [4.69, 9.17) is 9.47 Å². The number of benzene rings is 4. The first-order valence-electron chi connectivity index (χ1n) is 15.1. The molecule has 1 aromatic heterocycles. The number of H-pyrrole nitrogens is 1. The minimum absolute atomic E-state index is 0.0180. The third-order valence-electron chi connectivity index (χ3n) is 8.54. The molecule has 0 aliphatic carbocycles. The van der Waals surface area contributed by atoms with E-state index in [0.717, 1.165) is 38.5 Å². The number of nitrogens with one attached hydrogen (secondary N) is 1. The van der Waals surface area contributed by atoms with E-state index in [1.807, 2.05) is 66.7 Å². The molecule has 10 heteroatoms. The predicted octanol–water partition coefficient (Wildman–Crippen LogP) is 6.34. The second-order valence-electron chi connectivity index (χ2n) is 11.5. The third kappa shape index (κ3) is 6.00. The molecule has 4 aromatic carbocycles. The number of carbonyl (C=O) groups excluding carboxylic acids is 2. The zero-order chi connectivity index (χ0) is 31.6. The molecule has 2 N–H and O–H groups in total. The van der Waals surface area contributed by atoms with Gasteiger partial charge in [-0.25, -0.2) is 4.98 Å². The highest BCUT2D eigenvalue weighted by Gasteiger charge is 2.39. The molecule has 0 spiro atoms. The van der Waals surface area contributed by atoms with Crippen molar-refractivity contribution in [1.82, 2.24) is 20.1 Å². The number of hydrogen-bond donors (Lipinski definition) is 2. The molecule has 0 saturated carbocycles. The lowest BCUT2D eigenvalue weighted by molar-refractivity contribution is -0.268. The molecule has 46 heavy (non-hydrogen) atoms. The summed E-state index contributed by atoms with van der Waals surface area (Å²) in [5, 5.41) is 17.1. The van der Waals surface area contributed by atoms with Crippen LogP contribution < -0.4 is 0 Å². The van der Waals surface area contributed by atoms with Gasteiger partial charge >= 0.3 is 0 Å². The second kappa shape index (κ2) is 13.0. The van der Waals surface area contributed by atoms with Crippen molar-refractivity contribution in [3.8, 4) is 11.1 Å². The van der Waals surface area contributed by atoms with Crippen LogP contribution in [0.5, 0.6) is 0 Å². The van der Waals surface area contributed by atoms with Crippen molar-refractivity contribution in [3.63, 3.8) is 0 Å². The first-order valence-corrected chi connectivity index (χ1v) is 16.1. The van der Waals surface area contributed by atoms with Crippen LogP contribution in [0.2, 0.25) is 0 Å². The maximum atomic E-state index is 13.0. The summed E-state index contributed by atoms with van der Waals surface area (Å²) in [5.41, 5.74) is 6.39. The zero-order valence-electron chi connectivity index (χ0n) is 25.1. The van der Waals surface area contributed by atoms with Crippen molar-refractivity contribution in [2.75, 3.05) is 5.75 Å². The van der Waals surface area contributed by atoms with Gasteiger partial charge in [0.25, 0.3) is 11.8 Å². The lowest BCUT2D eigenvalue weighted by Crippen LogP contribution is -2.38.